The summed E-state index contributed by atoms with van der Waals surface area (Å²) < 4.78 is 22.3. The molecule has 0 aliphatic rings. The number of hydrogen-bond acceptors (Lipinski definition) is 4. The predicted molar refractivity (Wildman–Crippen MR) is 84.1 cm³/mol. The number of urea groups is 1. The van der Waals surface area contributed by atoms with Crippen LogP contribution in [0.25, 0.3) is 0 Å². The van der Waals surface area contributed by atoms with Crippen LogP contribution < -0.4 is 15.8 Å². The number of hydrogen-bond donors (Lipinski definition) is 4. The average Bonchev–Trinajstić information content (AvgIpc) is 2.43. The first-order chi connectivity index (χ1) is 10.6. The summed E-state index contributed by atoms with van der Waals surface area (Å²) in [4.78, 5) is 22.8. The van der Waals surface area contributed by atoms with Crippen LogP contribution in [0, 0.1) is 5.92 Å². The van der Waals surface area contributed by atoms with Gasteiger partial charge in [-0.05, 0) is 30.0 Å². The van der Waals surface area contributed by atoms with Crippen molar-refractivity contribution in [2.24, 2.45) is 11.1 Å². The fraction of sp³-hybridized carbons (Fsp3) is 0.429. The number of sulfonamides is 1. The third-order valence-electron chi connectivity index (χ3n) is 3.02. The van der Waals surface area contributed by atoms with Crippen molar-refractivity contribution in [1.29, 1.82) is 0 Å². The van der Waals surface area contributed by atoms with Crippen LogP contribution in [-0.2, 0) is 21.4 Å². The van der Waals surface area contributed by atoms with Crippen molar-refractivity contribution in [1.82, 2.24) is 10.6 Å². The molecule has 0 fully saturated rings. The second-order valence-corrected chi connectivity index (χ2v) is 7.10. The number of rotatable bonds is 7. The van der Waals surface area contributed by atoms with E-state index >= 15 is 0 Å². The van der Waals surface area contributed by atoms with Gasteiger partial charge in [-0.3, -0.25) is 0 Å². The molecule has 0 aliphatic carbocycles. The Labute approximate surface area is 135 Å². The molecule has 1 aromatic rings. The third-order valence-corrected chi connectivity index (χ3v) is 3.94. The van der Waals surface area contributed by atoms with E-state index in [1.165, 1.54) is 24.3 Å². The number of amides is 2. The van der Waals surface area contributed by atoms with Crippen LogP contribution >= 0.6 is 0 Å². The number of nitrogens with two attached hydrogens (primary N) is 1. The highest BCUT2D eigenvalue weighted by atomic mass is 32.2. The van der Waals surface area contributed by atoms with Crippen molar-refractivity contribution in [2.45, 2.75) is 37.8 Å². The zero-order valence-electron chi connectivity index (χ0n) is 12.9. The Morgan fingerprint density at radius 2 is 1.78 bits per heavy atom. The van der Waals surface area contributed by atoms with E-state index in [1.54, 1.807) is 0 Å². The number of primary sulfonamides is 1. The number of carbonyl (C=O) groups excluding carboxylic acids is 1. The van der Waals surface area contributed by atoms with E-state index in [0.717, 1.165) is 0 Å². The fourth-order valence-corrected chi connectivity index (χ4v) is 2.40. The van der Waals surface area contributed by atoms with Crippen molar-refractivity contribution in [3.63, 3.8) is 0 Å². The molecule has 1 rings (SSSR count). The molecular formula is C14H21N3O5S. The Hall–Kier alpha value is -2.13. The maximum absolute atomic E-state index is 11.7. The van der Waals surface area contributed by atoms with Crippen LogP contribution in [0.1, 0.15) is 25.8 Å². The highest BCUT2D eigenvalue weighted by Gasteiger charge is 2.20. The Balaban J connectivity index is 2.57. The molecule has 9 heteroatoms. The van der Waals surface area contributed by atoms with Gasteiger partial charge < -0.3 is 15.7 Å². The van der Waals surface area contributed by atoms with Crippen LogP contribution in [0.3, 0.4) is 0 Å². The van der Waals surface area contributed by atoms with E-state index < -0.39 is 28.1 Å². The normalized spacial score (nSPS) is 12.7. The number of benzene rings is 1. The molecule has 0 radical (unpaired) electrons. The molecule has 0 heterocycles. The lowest BCUT2D eigenvalue weighted by atomic mass is 10.0. The van der Waals surface area contributed by atoms with E-state index in [-0.39, 0.29) is 17.4 Å². The molecule has 0 saturated heterocycles. The van der Waals surface area contributed by atoms with E-state index in [2.05, 4.69) is 10.6 Å². The number of carbonyl (C=O) groups is 2. The van der Waals surface area contributed by atoms with Crippen LogP contribution in [0.4, 0.5) is 4.79 Å². The summed E-state index contributed by atoms with van der Waals surface area (Å²) in [6.07, 6.45) is 0.325. The van der Waals surface area contributed by atoms with Crippen LogP contribution in [0.2, 0.25) is 0 Å². The van der Waals surface area contributed by atoms with Crippen molar-refractivity contribution in [3.8, 4) is 0 Å². The second-order valence-electron chi connectivity index (χ2n) is 5.54. The van der Waals surface area contributed by atoms with Crippen molar-refractivity contribution >= 4 is 22.0 Å². The number of carboxylic acids is 1. The highest BCUT2D eigenvalue weighted by Crippen LogP contribution is 2.08. The van der Waals surface area contributed by atoms with Crippen LogP contribution in [0.15, 0.2) is 29.2 Å². The quantitative estimate of drug-likeness (QED) is 0.575. The lowest BCUT2D eigenvalue weighted by Gasteiger charge is -2.17. The number of aliphatic carboxylic acids is 1. The molecule has 8 nitrogen and oxygen atoms in total. The lowest BCUT2D eigenvalue weighted by Crippen LogP contribution is -2.46. The molecule has 2 amide bonds. The van der Waals surface area contributed by atoms with Gasteiger partial charge in [-0.25, -0.2) is 23.1 Å². The lowest BCUT2D eigenvalue weighted by molar-refractivity contribution is -0.139. The third kappa shape index (κ3) is 6.66. The molecule has 0 saturated carbocycles. The summed E-state index contributed by atoms with van der Waals surface area (Å²) in [5.74, 6) is -0.964. The predicted octanol–water partition coefficient (Wildman–Crippen LogP) is 0.633. The summed E-state index contributed by atoms with van der Waals surface area (Å²) in [5.41, 5.74) is 0.656. The van der Waals surface area contributed by atoms with Crippen LogP contribution in [-0.4, -0.2) is 31.6 Å². The van der Waals surface area contributed by atoms with Crippen molar-refractivity contribution in [3.05, 3.63) is 29.8 Å². The first-order valence-electron chi connectivity index (χ1n) is 6.98. The van der Waals surface area contributed by atoms with Gasteiger partial charge in [-0.2, -0.15) is 0 Å². The van der Waals surface area contributed by atoms with E-state index in [9.17, 15) is 18.0 Å². The second kappa shape index (κ2) is 7.93. The monoisotopic (exact) mass is 343 g/mol. The van der Waals surface area contributed by atoms with Crippen LogP contribution in [0.5, 0.6) is 0 Å². The summed E-state index contributed by atoms with van der Waals surface area (Å²) in [7, 11) is -3.75. The van der Waals surface area contributed by atoms with Gasteiger partial charge in [0.15, 0.2) is 0 Å². The van der Waals surface area contributed by atoms with E-state index in [0.29, 0.717) is 12.0 Å². The Morgan fingerprint density at radius 3 is 2.22 bits per heavy atom. The first-order valence-corrected chi connectivity index (χ1v) is 8.53. The molecule has 128 valence electrons. The Bertz CT molecular complexity index is 655. The zero-order valence-corrected chi connectivity index (χ0v) is 13.8. The van der Waals surface area contributed by atoms with Gasteiger partial charge >= 0.3 is 12.0 Å². The molecule has 23 heavy (non-hydrogen) atoms. The largest absolute Gasteiger partial charge is 0.480 e. The number of carboxylic acid groups (broad SMARTS) is 1. The standard InChI is InChI=1S/C14H21N3O5S/c1-9(2)7-12(13(18)19)17-14(20)16-8-10-3-5-11(6-4-10)23(15,21)22/h3-6,9,12H,7-8H2,1-2H3,(H,18,19)(H2,15,21,22)(H2,16,17,20). The van der Waals surface area contributed by atoms with E-state index in [4.69, 9.17) is 10.2 Å². The summed E-state index contributed by atoms with van der Waals surface area (Å²) in [6.45, 7) is 3.86. The van der Waals surface area contributed by atoms with Gasteiger partial charge in [-0.15, -0.1) is 0 Å². The van der Waals surface area contributed by atoms with E-state index in [1.807, 2.05) is 13.8 Å². The number of nitrogens with one attached hydrogen (secondary N) is 2. The summed E-state index contributed by atoms with van der Waals surface area (Å²) >= 11 is 0. The maximum atomic E-state index is 11.7. The maximum Gasteiger partial charge on any atom is 0.326 e. The fourth-order valence-electron chi connectivity index (χ4n) is 1.88. The summed E-state index contributed by atoms with van der Waals surface area (Å²) in [6, 6.07) is 4.14. The average molecular weight is 343 g/mol. The minimum absolute atomic E-state index is 0.0198. The molecule has 0 aromatic heterocycles. The highest BCUT2D eigenvalue weighted by molar-refractivity contribution is 7.89. The Morgan fingerprint density at radius 1 is 1.22 bits per heavy atom. The molecule has 0 aliphatic heterocycles. The van der Waals surface area contributed by atoms with Gasteiger partial charge in [0.2, 0.25) is 10.0 Å². The van der Waals surface area contributed by atoms with Gasteiger partial charge in [0.05, 0.1) is 4.90 Å². The van der Waals surface area contributed by atoms with Crippen molar-refractivity contribution < 1.29 is 23.1 Å². The van der Waals surface area contributed by atoms with Gasteiger partial charge in [-0.1, -0.05) is 26.0 Å². The molecule has 0 bridgehead atoms. The summed E-state index contributed by atoms with van der Waals surface area (Å²) in [5, 5.41) is 19.0. The minimum Gasteiger partial charge on any atom is -0.480 e. The first kappa shape index (κ1) is 18.9. The minimum atomic E-state index is -3.75. The molecule has 1 aromatic carbocycles. The SMILES string of the molecule is CC(C)CC(NC(=O)NCc1ccc(S(N)(=O)=O)cc1)C(=O)O. The smallest absolute Gasteiger partial charge is 0.326 e. The van der Waals surface area contributed by atoms with Gasteiger partial charge in [0.25, 0.3) is 0 Å². The van der Waals surface area contributed by atoms with Gasteiger partial charge in [0.1, 0.15) is 6.04 Å². The molecule has 5 N–H and O–H groups in total. The van der Waals surface area contributed by atoms with Crippen molar-refractivity contribution in [2.75, 3.05) is 0 Å². The van der Waals surface area contributed by atoms with Gasteiger partial charge in [0, 0.05) is 6.54 Å². The molecular weight excluding hydrogens is 322 g/mol. The molecule has 1 unspecified atom stereocenters. The topological polar surface area (TPSA) is 139 Å². The Kier molecular flexibility index (Phi) is 6.52. The molecule has 0 spiro atoms. The zero-order chi connectivity index (χ0) is 17.6. The molecule has 1 atom stereocenters.